The molecule has 3 N–H and O–H groups in total. The van der Waals surface area contributed by atoms with E-state index in [1.807, 2.05) is 37.4 Å². The monoisotopic (exact) mass is 453 g/mol. The van der Waals surface area contributed by atoms with Crippen LogP contribution in [-0.2, 0) is 16.0 Å². The maximum Gasteiger partial charge on any atom is 0.328 e. The number of carbonyl (C=O) groups is 2. The highest BCUT2D eigenvalue weighted by Gasteiger charge is 2.27. The van der Waals surface area contributed by atoms with E-state index in [4.69, 9.17) is 4.74 Å². The number of fused-ring (bicyclic) bond motifs is 1. The van der Waals surface area contributed by atoms with Crippen LogP contribution in [0.1, 0.15) is 35.9 Å². The number of hydrogen-bond donors (Lipinski definition) is 3. The van der Waals surface area contributed by atoms with Crippen molar-refractivity contribution in [1.82, 2.24) is 30.4 Å². The van der Waals surface area contributed by atoms with Crippen molar-refractivity contribution in [2.45, 2.75) is 32.2 Å². The smallest absolute Gasteiger partial charge is 0.328 e. The Morgan fingerprint density at radius 1 is 1.18 bits per heavy atom. The molecule has 1 aromatic carbocycles. The van der Waals surface area contributed by atoms with E-state index in [1.54, 1.807) is 0 Å². The second-order valence-electron chi connectivity index (χ2n) is 8.40. The number of piperazine rings is 1. The number of unbranched alkanes of at least 4 members (excludes halogenated alkanes) is 1. The molecule has 0 radical (unpaired) electrons. The summed E-state index contributed by atoms with van der Waals surface area (Å²) in [4.78, 5) is 36.3. The summed E-state index contributed by atoms with van der Waals surface area (Å²) in [5, 5.41) is 12.0. The third-order valence-corrected chi connectivity index (χ3v) is 5.92. The van der Waals surface area contributed by atoms with E-state index < -0.39 is 17.9 Å². The zero-order chi connectivity index (χ0) is 23.2. The Hall–Kier alpha value is -3.40. The molecule has 1 saturated heterocycles. The largest absolute Gasteiger partial charge is 0.464 e. The maximum absolute atomic E-state index is 12.9. The zero-order valence-electron chi connectivity index (χ0n) is 19.1. The van der Waals surface area contributed by atoms with E-state index >= 15 is 0 Å². The number of rotatable bonds is 9. The van der Waals surface area contributed by atoms with E-state index in [2.05, 4.69) is 42.3 Å². The number of aromatic nitrogens is 4. The van der Waals surface area contributed by atoms with Gasteiger partial charge < -0.3 is 29.8 Å². The number of esters is 1. The lowest BCUT2D eigenvalue weighted by Crippen LogP contribution is -2.45. The van der Waals surface area contributed by atoms with Gasteiger partial charge in [0, 0.05) is 49.7 Å². The number of amides is 1. The third-order valence-electron chi connectivity index (χ3n) is 5.92. The number of hydrogen-bond acceptors (Lipinski definition) is 7. The SMILES string of the molecule is CCCCOC(=O)C(Cc1c[nH]c2ccccc12)NC(=O)c1nnc(N2CCN(C)CC2)[nH]1. The number of nitrogens with zero attached hydrogens (tertiary/aromatic N) is 4. The predicted molar refractivity (Wildman–Crippen MR) is 125 cm³/mol. The highest BCUT2D eigenvalue weighted by atomic mass is 16.5. The van der Waals surface area contributed by atoms with Crippen LogP contribution < -0.4 is 10.2 Å². The fourth-order valence-corrected chi connectivity index (χ4v) is 3.87. The molecule has 3 aromatic rings. The highest BCUT2D eigenvalue weighted by Crippen LogP contribution is 2.20. The molecule has 176 valence electrons. The lowest BCUT2D eigenvalue weighted by atomic mass is 10.0. The van der Waals surface area contributed by atoms with Gasteiger partial charge in [-0.3, -0.25) is 4.79 Å². The highest BCUT2D eigenvalue weighted by molar-refractivity contribution is 5.94. The number of likely N-dealkylation sites (N-methyl/N-ethyl adjacent to an activating group) is 1. The van der Waals surface area contributed by atoms with Gasteiger partial charge in [0.05, 0.1) is 6.61 Å². The summed E-state index contributed by atoms with van der Waals surface area (Å²) < 4.78 is 5.43. The van der Waals surface area contributed by atoms with Crippen molar-refractivity contribution in [1.29, 1.82) is 0 Å². The lowest BCUT2D eigenvalue weighted by Gasteiger charge is -2.31. The Labute approximate surface area is 192 Å². The molecule has 2 aromatic heterocycles. The lowest BCUT2D eigenvalue weighted by molar-refractivity contribution is -0.146. The minimum atomic E-state index is -0.842. The number of para-hydroxylation sites is 1. The molecule has 3 heterocycles. The summed E-state index contributed by atoms with van der Waals surface area (Å²) in [7, 11) is 2.07. The predicted octanol–water partition coefficient (Wildman–Crippen LogP) is 1.72. The molecular weight excluding hydrogens is 422 g/mol. The topological polar surface area (TPSA) is 119 Å². The molecule has 1 unspecified atom stereocenters. The first-order valence-electron chi connectivity index (χ1n) is 11.4. The van der Waals surface area contributed by atoms with Crippen LogP contribution in [0.4, 0.5) is 5.95 Å². The van der Waals surface area contributed by atoms with Gasteiger partial charge in [-0.1, -0.05) is 31.5 Å². The molecule has 0 bridgehead atoms. The van der Waals surface area contributed by atoms with Crippen molar-refractivity contribution >= 4 is 28.7 Å². The van der Waals surface area contributed by atoms with Crippen molar-refractivity contribution < 1.29 is 14.3 Å². The van der Waals surface area contributed by atoms with Crippen molar-refractivity contribution in [3.8, 4) is 0 Å². The standard InChI is InChI=1S/C23H31N7O3/c1-3-4-13-33-22(32)19(14-16-15-24-18-8-6-5-7-17(16)18)25-21(31)20-26-23(28-27-20)30-11-9-29(2)10-12-30/h5-8,15,19,24H,3-4,9-14H2,1-2H3,(H,25,31)(H,26,27,28). The molecule has 0 spiro atoms. The summed E-state index contributed by atoms with van der Waals surface area (Å²) in [5.74, 6) is -0.304. The number of benzene rings is 1. The van der Waals surface area contributed by atoms with Crippen LogP contribution >= 0.6 is 0 Å². The van der Waals surface area contributed by atoms with Crippen LogP contribution in [0.25, 0.3) is 10.9 Å². The molecule has 1 aliphatic rings. The van der Waals surface area contributed by atoms with Gasteiger partial charge in [0.15, 0.2) is 0 Å². The summed E-state index contributed by atoms with van der Waals surface area (Å²) in [6, 6.07) is 7.01. The minimum Gasteiger partial charge on any atom is -0.464 e. The van der Waals surface area contributed by atoms with E-state index in [1.165, 1.54) is 0 Å². The van der Waals surface area contributed by atoms with Crippen LogP contribution in [0.3, 0.4) is 0 Å². The summed E-state index contributed by atoms with van der Waals surface area (Å²) >= 11 is 0. The van der Waals surface area contributed by atoms with Crippen LogP contribution in [-0.4, -0.2) is 82.8 Å². The normalized spacial score (nSPS) is 15.5. The first-order chi connectivity index (χ1) is 16.0. The van der Waals surface area contributed by atoms with Crippen molar-refractivity contribution in [2.75, 3.05) is 44.7 Å². The average molecular weight is 454 g/mol. The Bertz CT molecular complexity index is 1080. The first-order valence-corrected chi connectivity index (χ1v) is 11.4. The second-order valence-corrected chi connectivity index (χ2v) is 8.40. The number of H-pyrrole nitrogens is 2. The van der Waals surface area contributed by atoms with E-state index in [9.17, 15) is 9.59 Å². The van der Waals surface area contributed by atoms with Crippen molar-refractivity contribution in [2.24, 2.45) is 0 Å². The van der Waals surface area contributed by atoms with Gasteiger partial charge in [-0.15, -0.1) is 10.2 Å². The fourth-order valence-electron chi connectivity index (χ4n) is 3.87. The van der Waals surface area contributed by atoms with E-state index in [0.29, 0.717) is 19.0 Å². The second kappa shape index (κ2) is 10.5. The summed E-state index contributed by atoms with van der Waals surface area (Å²) in [5.41, 5.74) is 1.91. The number of ether oxygens (including phenoxy) is 1. The molecule has 0 aliphatic carbocycles. The Morgan fingerprint density at radius 2 is 1.97 bits per heavy atom. The van der Waals surface area contributed by atoms with Crippen molar-refractivity contribution in [3.63, 3.8) is 0 Å². The molecule has 33 heavy (non-hydrogen) atoms. The Kier molecular flexibility index (Phi) is 7.23. The van der Waals surface area contributed by atoms with Gasteiger partial charge in [0.2, 0.25) is 11.8 Å². The summed E-state index contributed by atoms with van der Waals surface area (Å²) in [6.45, 7) is 5.79. The van der Waals surface area contributed by atoms with E-state index in [-0.39, 0.29) is 5.82 Å². The Balaban J connectivity index is 1.47. The molecule has 4 rings (SSSR count). The molecule has 1 atom stereocenters. The molecule has 1 aliphatic heterocycles. The molecule has 10 heteroatoms. The van der Waals surface area contributed by atoms with Gasteiger partial charge in [0.1, 0.15) is 6.04 Å². The molecule has 0 saturated carbocycles. The van der Waals surface area contributed by atoms with Gasteiger partial charge in [-0.2, -0.15) is 0 Å². The number of anilines is 1. The molecule has 10 nitrogen and oxygen atoms in total. The van der Waals surface area contributed by atoms with Gasteiger partial charge in [-0.05, 0) is 25.1 Å². The fraction of sp³-hybridized carbons (Fsp3) is 0.478. The van der Waals surface area contributed by atoms with E-state index in [0.717, 1.165) is 55.5 Å². The van der Waals surface area contributed by atoms with Gasteiger partial charge in [0.25, 0.3) is 5.91 Å². The summed E-state index contributed by atoms with van der Waals surface area (Å²) in [6.07, 6.45) is 3.86. The first kappa shape index (κ1) is 22.8. The van der Waals surface area contributed by atoms with Crippen LogP contribution in [0.5, 0.6) is 0 Å². The van der Waals surface area contributed by atoms with Crippen LogP contribution in [0.2, 0.25) is 0 Å². The third kappa shape index (κ3) is 5.51. The maximum atomic E-state index is 12.9. The minimum absolute atomic E-state index is 0.0780. The van der Waals surface area contributed by atoms with Gasteiger partial charge >= 0.3 is 5.97 Å². The number of nitrogens with one attached hydrogen (secondary N) is 3. The van der Waals surface area contributed by atoms with Crippen LogP contribution in [0.15, 0.2) is 30.5 Å². The average Bonchev–Trinajstić information content (AvgIpc) is 3.47. The van der Waals surface area contributed by atoms with Gasteiger partial charge in [-0.25, -0.2) is 4.79 Å². The molecular formula is C23H31N7O3. The zero-order valence-corrected chi connectivity index (χ0v) is 19.1. The number of aromatic amines is 2. The van der Waals surface area contributed by atoms with Crippen molar-refractivity contribution in [3.05, 3.63) is 41.9 Å². The van der Waals surface area contributed by atoms with Crippen LogP contribution in [0, 0.1) is 0 Å². The quantitative estimate of drug-likeness (QED) is 0.333. The Morgan fingerprint density at radius 3 is 2.76 bits per heavy atom. The molecule has 1 amide bonds. The molecule has 1 fully saturated rings. The number of carbonyl (C=O) groups excluding carboxylic acids is 2.